The van der Waals surface area contributed by atoms with Crippen LogP contribution in [-0.4, -0.2) is 22.1 Å². The van der Waals surface area contributed by atoms with E-state index in [-0.39, 0.29) is 11.0 Å². The Kier molecular flexibility index (Phi) is 6.47. The SMILES string of the molecule is Cc1c(C(=O)OCCc2ccccc2)sc2ncn(Cc3ccc(C(C)(C)C)cc3)c(=O)c12. The van der Waals surface area contributed by atoms with Crippen LogP contribution in [-0.2, 0) is 23.1 Å². The topological polar surface area (TPSA) is 61.2 Å². The van der Waals surface area contributed by atoms with Crippen LogP contribution in [0.2, 0.25) is 0 Å². The van der Waals surface area contributed by atoms with E-state index < -0.39 is 5.97 Å². The van der Waals surface area contributed by atoms with Gasteiger partial charge >= 0.3 is 5.97 Å². The van der Waals surface area contributed by atoms with Crippen LogP contribution in [0, 0.1) is 6.92 Å². The van der Waals surface area contributed by atoms with Crippen molar-refractivity contribution in [3.8, 4) is 0 Å². The molecule has 0 radical (unpaired) electrons. The highest BCUT2D eigenvalue weighted by Gasteiger charge is 2.21. The minimum Gasteiger partial charge on any atom is -0.461 e. The van der Waals surface area contributed by atoms with E-state index in [1.807, 2.05) is 42.5 Å². The smallest absolute Gasteiger partial charge is 0.348 e. The molecule has 0 N–H and O–H groups in total. The highest BCUT2D eigenvalue weighted by molar-refractivity contribution is 7.20. The Labute approximate surface area is 197 Å². The molecule has 0 amide bonds. The lowest BCUT2D eigenvalue weighted by atomic mass is 9.87. The Hall–Kier alpha value is -3.25. The van der Waals surface area contributed by atoms with Gasteiger partial charge in [0.05, 0.1) is 24.9 Å². The first-order valence-electron chi connectivity index (χ1n) is 11.0. The lowest BCUT2D eigenvalue weighted by molar-refractivity contribution is 0.0514. The molecule has 0 fully saturated rings. The van der Waals surface area contributed by atoms with Crippen LogP contribution in [0.4, 0.5) is 0 Å². The van der Waals surface area contributed by atoms with Crippen molar-refractivity contribution < 1.29 is 9.53 Å². The third-order valence-electron chi connectivity index (χ3n) is 5.74. The second kappa shape index (κ2) is 9.32. The van der Waals surface area contributed by atoms with Crippen LogP contribution in [0.1, 0.15) is 52.7 Å². The monoisotopic (exact) mass is 460 g/mol. The standard InChI is InChI=1S/C27H28N2O3S/c1-18-22-24(33-23(18)26(31)32-15-14-19-8-6-5-7-9-19)28-17-29(25(22)30)16-20-10-12-21(13-11-20)27(2,3)4/h5-13,17H,14-16H2,1-4H3. The summed E-state index contributed by atoms with van der Waals surface area (Å²) in [5.74, 6) is -0.407. The molecule has 2 aromatic carbocycles. The van der Waals surface area contributed by atoms with E-state index in [1.54, 1.807) is 17.8 Å². The number of carbonyl (C=O) groups excluding carboxylic acids is 1. The van der Waals surface area contributed by atoms with Gasteiger partial charge in [0.1, 0.15) is 9.71 Å². The largest absolute Gasteiger partial charge is 0.461 e. The fourth-order valence-corrected chi connectivity index (χ4v) is 4.78. The van der Waals surface area contributed by atoms with Gasteiger partial charge in [0.15, 0.2) is 0 Å². The van der Waals surface area contributed by atoms with Gasteiger partial charge < -0.3 is 4.74 Å². The molecule has 0 atom stereocenters. The van der Waals surface area contributed by atoms with Crippen LogP contribution >= 0.6 is 11.3 Å². The first kappa shape index (κ1) is 22.9. The van der Waals surface area contributed by atoms with Crippen molar-refractivity contribution in [3.63, 3.8) is 0 Å². The number of esters is 1. The normalized spacial score (nSPS) is 11.6. The van der Waals surface area contributed by atoms with Crippen LogP contribution < -0.4 is 5.56 Å². The van der Waals surface area contributed by atoms with E-state index in [4.69, 9.17) is 4.74 Å². The van der Waals surface area contributed by atoms with Crippen LogP contribution in [0.5, 0.6) is 0 Å². The van der Waals surface area contributed by atoms with Gasteiger partial charge in [-0.2, -0.15) is 0 Å². The maximum atomic E-state index is 13.2. The molecule has 4 aromatic rings. The molecule has 0 aliphatic heterocycles. The van der Waals surface area contributed by atoms with Gasteiger partial charge in [-0.3, -0.25) is 9.36 Å². The molecule has 0 saturated heterocycles. The number of rotatable bonds is 6. The summed E-state index contributed by atoms with van der Waals surface area (Å²) in [6.45, 7) is 9.03. The summed E-state index contributed by atoms with van der Waals surface area (Å²) in [5, 5.41) is 0.490. The predicted octanol–water partition coefficient (Wildman–Crippen LogP) is 5.51. The molecule has 4 rings (SSSR count). The third kappa shape index (κ3) is 5.06. The van der Waals surface area contributed by atoms with E-state index in [0.717, 1.165) is 11.1 Å². The molecule has 33 heavy (non-hydrogen) atoms. The summed E-state index contributed by atoms with van der Waals surface area (Å²) in [6, 6.07) is 18.2. The number of hydrogen-bond acceptors (Lipinski definition) is 5. The zero-order chi connectivity index (χ0) is 23.6. The summed E-state index contributed by atoms with van der Waals surface area (Å²) < 4.78 is 7.08. The zero-order valence-corrected chi connectivity index (χ0v) is 20.2. The Morgan fingerprint density at radius 2 is 1.73 bits per heavy atom. The van der Waals surface area contributed by atoms with Gasteiger partial charge in [0.2, 0.25) is 0 Å². The third-order valence-corrected chi connectivity index (χ3v) is 6.92. The molecule has 2 aromatic heterocycles. The molecule has 5 nitrogen and oxygen atoms in total. The van der Waals surface area contributed by atoms with Crippen LogP contribution in [0.25, 0.3) is 10.2 Å². The van der Waals surface area contributed by atoms with Gasteiger partial charge in [-0.1, -0.05) is 75.4 Å². The minimum absolute atomic E-state index is 0.0791. The van der Waals surface area contributed by atoms with E-state index in [9.17, 15) is 9.59 Å². The van der Waals surface area contributed by atoms with Crippen LogP contribution in [0.3, 0.4) is 0 Å². The predicted molar refractivity (Wildman–Crippen MR) is 133 cm³/mol. The second-order valence-electron chi connectivity index (χ2n) is 9.23. The lowest BCUT2D eigenvalue weighted by Gasteiger charge is -2.19. The number of hydrogen-bond donors (Lipinski definition) is 0. The van der Waals surface area contributed by atoms with Gasteiger partial charge in [0.25, 0.3) is 5.56 Å². The quantitative estimate of drug-likeness (QED) is 0.356. The van der Waals surface area contributed by atoms with Gasteiger partial charge in [-0.25, -0.2) is 9.78 Å². The second-order valence-corrected chi connectivity index (χ2v) is 10.2. The molecule has 0 saturated carbocycles. The average molecular weight is 461 g/mol. The van der Waals surface area contributed by atoms with Crippen molar-refractivity contribution in [1.29, 1.82) is 0 Å². The number of benzene rings is 2. The Morgan fingerprint density at radius 3 is 2.39 bits per heavy atom. The maximum Gasteiger partial charge on any atom is 0.348 e. The van der Waals surface area contributed by atoms with E-state index in [0.29, 0.717) is 40.2 Å². The van der Waals surface area contributed by atoms with Crippen molar-refractivity contribution >= 4 is 27.5 Å². The van der Waals surface area contributed by atoms with Crippen molar-refractivity contribution in [2.45, 2.75) is 46.1 Å². The van der Waals surface area contributed by atoms with Crippen molar-refractivity contribution in [2.24, 2.45) is 0 Å². The summed E-state index contributed by atoms with van der Waals surface area (Å²) >= 11 is 1.21. The Bertz CT molecular complexity index is 1330. The first-order chi connectivity index (χ1) is 15.7. The number of fused-ring (bicyclic) bond motifs is 1. The van der Waals surface area contributed by atoms with Gasteiger partial charge in [-0.15, -0.1) is 11.3 Å². The summed E-state index contributed by atoms with van der Waals surface area (Å²) in [4.78, 5) is 31.3. The first-order valence-corrected chi connectivity index (χ1v) is 11.8. The number of nitrogens with zero attached hydrogens (tertiary/aromatic N) is 2. The highest BCUT2D eigenvalue weighted by Crippen LogP contribution is 2.28. The molecule has 0 spiro atoms. The number of thiophene rings is 1. The van der Waals surface area contributed by atoms with Crippen molar-refractivity contribution in [1.82, 2.24) is 9.55 Å². The van der Waals surface area contributed by atoms with Crippen molar-refractivity contribution in [2.75, 3.05) is 6.61 Å². The van der Waals surface area contributed by atoms with Gasteiger partial charge in [0, 0.05) is 6.42 Å². The highest BCUT2D eigenvalue weighted by atomic mass is 32.1. The minimum atomic E-state index is -0.407. The summed E-state index contributed by atoms with van der Waals surface area (Å²) in [5.41, 5.74) is 3.96. The molecule has 2 heterocycles. The van der Waals surface area contributed by atoms with E-state index in [1.165, 1.54) is 16.9 Å². The maximum absolute atomic E-state index is 13.2. The van der Waals surface area contributed by atoms with E-state index in [2.05, 4.69) is 37.9 Å². The molecule has 0 aliphatic rings. The van der Waals surface area contributed by atoms with Gasteiger partial charge in [-0.05, 0) is 34.6 Å². The number of aryl methyl sites for hydroxylation is 1. The molecule has 170 valence electrons. The molecular weight excluding hydrogens is 432 g/mol. The number of ether oxygens (including phenoxy) is 1. The van der Waals surface area contributed by atoms with Crippen LogP contribution in [0.15, 0.2) is 65.7 Å². The lowest BCUT2D eigenvalue weighted by Crippen LogP contribution is -2.21. The molecule has 0 aliphatic carbocycles. The Morgan fingerprint density at radius 1 is 1.03 bits per heavy atom. The average Bonchev–Trinajstić information content (AvgIpc) is 3.13. The number of carbonyl (C=O) groups is 1. The van der Waals surface area contributed by atoms with E-state index >= 15 is 0 Å². The zero-order valence-electron chi connectivity index (χ0n) is 19.4. The fourth-order valence-electron chi connectivity index (χ4n) is 3.75. The molecular formula is C27H28N2O3S. The summed E-state index contributed by atoms with van der Waals surface area (Å²) in [7, 11) is 0. The molecule has 0 bridgehead atoms. The fraction of sp³-hybridized carbons (Fsp3) is 0.296. The molecule has 6 heteroatoms. The summed E-state index contributed by atoms with van der Waals surface area (Å²) in [6.07, 6.45) is 2.21. The number of aromatic nitrogens is 2. The van der Waals surface area contributed by atoms with Crippen molar-refractivity contribution in [3.05, 3.63) is 98.4 Å². The molecule has 0 unspecified atom stereocenters. The Balaban J connectivity index is 1.52.